The Morgan fingerprint density at radius 2 is 2.05 bits per heavy atom. The van der Waals surface area contributed by atoms with Crippen LogP contribution in [0.2, 0.25) is 0 Å². The summed E-state index contributed by atoms with van der Waals surface area (Å²) in [7, 11) is 0. The smallest absolute Gasteiger partial charge is 0.345 e. The van der Waals surface area contributed by atoms with Crippen LogP contribution in [0.15, 0.2) is 36.0 Å². The molecule has 7 heteroatoms. The van der Waals surface area contributed by atoms with Crippen LogP contribution in [0.4, 0.5) is 8.78 Å². The Bertz CT molecular complexity index is 414. The Labute approximate surface area is 122 Å². The number of halogens is 2. The average molecular weight is 302 g/mol. The SMILES string of the molecule is CC(N)=O.O=C(CCOC(F)F)NCC1=CC=CC=CC1. The van der Waals surface area contributed by atoms with E-state index in [1.54, 1.807) is 0 Å². The summed E-state index contributed by atoms with van der Waals surface area (Å²) in [6.45, 7) is -1.34. The van der Waals surface area contributed by atoms with Gasteiger partial charge in [-0.3, -0.25) is 9.59 Å². The van der Waals surface area contributed by atoms with E-state index in [2.05, 4.69) is 15.8 Å². The summed E-state index contributed by atoms with van der Waals surface area (Å²) < 4.78 is 27.3. The number of hydrogen-bond acceptors (Lipinski definition) is 3. The number of amides is 2. The maximum absolute atomic E-state index is 11.6. The first-order chi connectivity index (χ1) is 9.91. The highest BCUT2D eigenvalue weighted by atomic mass is 19.3. The summed E-state index contributed by atoms with van der Waals surface area (Å²) in [6.07, 6.45) is 10.4. The normalized spacial score (nSPS) is 13.0. The van der Waals surface area contributed by atoms with Crippen molar-refractivity contribution in [1.82, 2.24) is 5.32 Å². The molecule has 1 aliphatic rings. The molecule has 0 saturated heterocycles. The number of nitrogens with one attached hydrogen (secondary N) is 1. The molecule has 118 valence electrons. The maximum atomic E-state index is 11.6. The molecule has 1 aliphatic carbocycles. The van der Waals surface area contributed by atoms with Crippen LogP contribution in [-0.2, 0) is 14.3 Å². The summed E-state index contributed by atoms with van der Waals surface area (Å²) in [5, 5.41) is 2.65. The molecular formula is C14H20F2N2O3. The van der Waals surface area contributed by atoms with Gasteiger partial charge in [-0.15, -0.1) is 0 Å². The van der Waals surface area contributed by atoms with Crippen LogP contribution in [0.1, 0.15) is 19.8 Å². The number of allylic oxidation sites excluding steroid dienone is 5. The zero-order chi connectivity index (χ0) is 16.1. The van der Waals surface area contributed by atoms with Gasteiger partial charge in [0, 0.05) is 13.5 Å². The zero-order valence-corrected chi connectivity index (χ0v) is 11.9. The molecule has 21 heavy (non-hydrogen) atoms. The van der Waals surface area contributed by atoms with Gasteiger partial charge in [-0.05, 0) is 12.0 Å². The van der Waals surface area contributed by atoms with E-state index in [1.807, 2.05) is 30.4 Å². The van der Waals surface area contributed by atoms with E-state index in [9.17, 15) is 18.4 Å². The molecule has 1 rings (SSSR count). The number of alkyl halides is 2. The van der Waals surface area contributed by atoms with Crippen molar-refractivity contribution in [3.63, 3.8) is 0 Å². The highest BCUT2D eigenvalue weighted by molar-refractivity contribution is 5.76. The summed E-state index contributed by atoms with van der Waals surface area (Å²) in [6, 6.07) is 0. The third-order valence-corrected chi connectivity index (χ3v) is 2.16. The lowest BCUT2D eigenvalue weighted by molar-refractivity contribution is -0.138. The summed E-state index contributed by atoms with van der Waals surface area (Å²) in [5.74, 6) is -0.622. The maximum Gasteiger partial charge on any atom is 0.345 e. The van der Waals surface area contributed by atoms with Crippen molar-refractivity contribution in [1.29, 1.82) is 0 Å². The lowest BCUT2D eigenvalue weighted by Crippen LogP contribution is -2.26. The van der Waals surface area contributed by atoms with Crippen LogP contribution in [0.5, 0.6) is 0 Å². The van der Waals surface area contributed by atoms with E-state index < -0.39 is 6.61 Å². The molecule has 0 aromatic heterocycles. The van der Waals surface area contributed by atoms with Crippen LogP contribution in [0.25, 0.3) is 0 Å². The number of carbonyl (C=O) groups excluding carboxylic acids is 2. The molecule has 0 bridgehead atoms. The van der Waals surface area contributed by atoms with E-state index in [0.717, 1.165) is 12.0 Å². The Balaban J connectivity index is 0.000000885. The molecule has 0 atom stereocenters. The molecule has 0 heterocycles. The predicted octanol–water partition coefficient (Wildman–Crippen LogP) is 1.67. The minimum Gasteiger partial charge on any atom is -0.370 e. The number of rotatable bonds is 6. The topological polar surface area (TPSA) is 81.4 Å². The van der Waals surface area contributed by atoms with Crippen molar-refractivity contribution in [3.8, 4) is 0 Å². The average Bonchev–Trinajstić information content (AvgIpc) is 2.63. The molecule has 0 unspecified atom stereocenters. The van der Waals surface area contributed by atoms with Crippen molar-refractivity contribution in [3.05, 3.63) is 36.0 Å². The van der Waals surface area contributed by atoms with E-state index in [1.165, 1.54) is 6.92 Å². The first-order valence-corrected chi connectivity index (χ1v) is 6.35. The van der Waals surface area contributed by atoms with Crippen LogP contribution in [-0.4, -0.2) is 31.6 Å². The van der Waals surface area contributed by atoms with Crippen molar-refractivity contribution >= 4 is 11.8 Å². The van der Waals surface area contributed by atoms with Gasteiger partial charge in [0.2, 0.25) is 11.8 Å². The van der Waals surface area contributed by atoms with Crippen LogP contribution in [0, 0.1) is 0 Å². The van der Waals surface area contributed by atoms with Gasteiger partial charge in [-0.25, -0.2) is 0 Å². The summed E-state index contributed by atoms with van der Waals surface area (Å²) in [4.78, 5) is 20.5. The standard InChI is InChI=1S/C12H15F2NO2.C2H5NO/c13-12(14)17-8-7-11(16)15-9-10-5-3-1-2-4-6-10;1-2(3)4/h1-5,12H,6-9H2,(H,15,16);1H3,(H2,3,4). The molecule has 0 aliphatic heterocycles. The fraction of sp³-hybridized carbons (Fsp3) is 0.429. The minimum atomic E-state index is -2.82. The highest BCUT2D eigenvalue weighted by Gasteiger charge is 2.06. The number of ether oxygens (including phenoxy) is 1. The second-order valence-electron chi connectivity index (χ2n) is 4.11. The van der Waals surface area contributed by atoms with E-state index >= 15 is 0 Å². The molecule has 0 aromatic rings. The van der Waals surface area contributed by atoms with Crippen LogP contribution in [0.3, 0.4) is 0 Å². The Kier molecular flexibility index (Phi) is 10.6. The molecule has 0 aromatic carbocycles. The van der Waals surface area contributed by atoms with Crippen LogP contribution >= 0.6 is 0 Å². The molecular weight excluding hydrogens is 282 g/mol. The summed E-state index contributed by atoms with van der Waals surface area (Å²) in [5.41, 5.74) is 5.54. The van der Waals surface area contributed by atoms with Gasteiger partial charge in [-0.1, -0.05) is 30.4 Å². The molecule has 0 radical (unpaired) electrons. The van der Waals surface area contributed by atoms with Gasteiger partial charge in [0.25, 0.3) is 0 Å². The van der Waals surface area contributed by atoms with Gasteiger partial charge in [0.05, 0.1) is 13.0 Å². The first kappa shape index (κ1) is 19.0. The molecule has 5 nitrogen and oxygen atoms in total. The number of hydrogen-bond donors (Lipinski definition) is 2. The van der Waals surface area contributed by atoms with E-state index in [0.29, 0.717) is 6.54 Å². The second kappa shape index (κ2) is 11.8. The summed E-state index contributed by atoms with van der Waals surface area (Å²) >= 11 is 0. The van der Waals surface area contributed by atoms with Crippen LogP contribution < -0.4 is 11.1 Å². The molecule has 0 spiro atoms. The fourth-order valence-corrected chi connectivity index (χ4v) is 1.29. The number of nitrogens with two attached hydrogens (primary N) is 1. The molecule has 0 saturated carbocycles. The Morgan fingerprint density at radius 3 is 2.67 bits per heavy atom. The molecule has 0 fully saturated rings. The largest absolute Gasteiger partial charge is 0.370 e. The molecule has 2 amide bonds. The van der Waals surface area contributed by atoms with E-state index in [-0.39, 0.29) is 24.8 Å². The third-order valence-electron chi connectivity index (χ3n) is 2.16. The third kappa shape index (κ3) is 14.2. The second-order valence-corrected chi connectivity index (χ2v) is 4.11. The van der Waals surface area contributed by atoms with Crippen molar-refractivity contribution in [2.24, 2.45) is 5.73 Å². The Morgan fingerprint density at radius 1 is 1.38 bits per heavy atom. The highest BCUT2D eigenvalue weighted by Crippen LogP contribution is 2.05. The van der Waals surface area contributed by atoms with Crippen molar-refractivity contribution in [2.45, 2.75) is 26.4 Å². The monoisotopic (exact) mass is 302 g/mol. The van der Waals surface area contributed by atoms with E-state index in [4.69, 9.17) is 0 Å². The van der Waals surface area contributed by atoms with Crippen molar-refractivity contribution in [2.75, 3.05) is 13.2 Å². The lowest BCUT2D eigenvalue weighted by atomic mass is 10.2. The Hall–Kier alpha value is -2.02. The van der Waals surface area contributed by atoms with Gasteiger partial charge >= 0.3 is 6.61 Å². The van der Waals surface area contributed by atoms with Crippen molar-refractivity contribution < 1.29 is 23.1 Å². The van der Waals surface area contributed by atoms with Gasteiger partial charge in [0.15, 0.2) is 0 Å². The molecule has 3 N–H and O–H groups in total. The lowest BCUT2D eigenvalue weighted by Gasteiger charge is -2.07. The minimum absolute atomic E-state index is 0.0523. The zero-order valence-electron chi connectivity index (χ0n) is 11.9. The van der Waals surface area contributed by atoms with Gasteiger partial charge < -0.3 is 15.8 Å². The number of primary amides is 1. The predicted molar refractivity (Wildman–Crippen MR) is 75.4 cm³/mol. The number of carbonyl (C=O) groups is 2. The fourth-order valence-electron chi connectivity index (χ4n) is 1.29. The van der Waals surface area contributed by atoms with Gasteiger partial charge in [0.1, 0.15) is 0 Å². The quantitative estimate of drug-likeness (QED) is 0.783. The first-order valence-electron chi connectivity index (χ1n) is 6.35. The van der Waals surface area contributed by atoms with Gasteiger partial charge in [-0.2, -0.15) is 8.78 Å².